The van der Waals surface area contributed by atoms with Gasteiger partial charge in [0.2, 0.25) is 6.29 Å². The van der Waals surface area contributed by atoms with Gasteiger partial charge in [-0.1, -0.05) is 0 Å². The lowest BCUT2D eigenvalue weighted by Crippen LogP contribution is -2.06. The highest BCUT2D eigenvalue weighted by Crippen LogP contribution is 2.12. The summed E-state index contributed by atoms with van der Waals surface area (Å²) < 4.78 is 10.0. The maximum Gasteiger partial charge on any atom is 0.202 e. The van der Waals surface area contributed by atoms with E-state index in [4.69, 9.17) is 9.47 Å². The zero-order chi connectivity index (χ0) is 8.97. The minimum atomic E-state index is -0.418. The molecule has 12 heavy (non-hydrogen) atoms. The maximum absolute atomic E-state index is 5.00. The first-order valence-electron chi connectivity index (χ1n) is 3.62. The Morgan fingerprint density at radius 3 is 2.25 bits per heavy atom. The molecule has 0 saturated heterocycles. The first-order valence-corrected chi connectivity index (χ1v) is 3.62. The van der Waals surface area contributed by atoms with E-state index in [1.807, 2.05) is 6.92 Å². The molecular weight excluding hydrogens is 156 g/mol. The molecule has 0 fully saturated rings. The van der Waals surface area contributed by atoms with Crippen molar-refractivity contribution in [2.24, 2.45) is 0 Å². The molecule has 1 aromatic heterocycles. The molecule has 0 radical (unpaired) electrons. The Bertz CT molecular complexity index is 231. The minimum Gasteiger partial charge on any atom is -0.350 e. The zero-order valence-corrected chi connectivity index (χ0v) is 7.44. The number of hydrogen-bond donors (Lipinski definition) is 0. The Hall–Kier alpha value is -1.00. The number of rotatable bonds is 3. The lowest BCUT2D eigenvalue weighted by molar-refractivity contribution is -0.108. The molecule has 4 nitrogen and oxygen atoms in total. The van der Waals surface area contributed by atoms with Crippen molar-refractivity contribution in [2.45, 2.75) is 13.2 Å². The number of aryl methyl sites for hydroxylation is 1. The highest BCUT2D eigenvalue weighted by atomic mass is 16.7. The predicted molar refractivity (Wildman–Crippen MR) is 43.5 cm³/mol. The van der Waals surface area contributed by atoms with Crippen LogP contribution in [0, 0.1) is 6.92 Å². The van der Waals surface area contributed by atoms with Gasteiger partial charge in [-0.2, -0.15) is 0 Å². The molecule has 0 aliphatic heterocycles. The molecule has 1 rings (SSSR count). The van der Waals surface area contributed by atoms with Crippen molar-refractivity contribution in [3.05, 3.63) is 23.8 Å². The third-order valence-corrected chi connectivity index (χ3v) is 1.47. The summed E-state index contributed by atoms with van der Waals surface area (Å²) in [6.45, 7) is 1.88. The summed E-state index contributed by atoms with van der Waals surface area (Å²) in [5.74, 6) is 0. The van der Waals surface area contributed by atoms with Crippen LogP contribution < -0.4 is 0 Å². The Kier molecular flexibility index (Phi) is 3.13. The van der Waals surface area contributed by atoms with Crippen LogP contribution >= 0.6 is 0 Å². The van der Waals surface area contributed by atoms with Crippen LogP contribution in [0.15, 0.2) is 12.4 Å². The van der Waals surface area contributed by atoms with E-state index in [0.717, 1.165) is 5.69 Å². The lowest BCUT2D eigenvalue weighted by Gasteiger charge is -2.11. The summed E-state index contributed by atoms with van der Waals surface area (Å²) in [5.41, 5.74) is 1.57. The molecule has 0 aliphatic rings. The molecule has 1 heterocycles. The number of hydrogen-bond acceptors (Lipinski definition) is 4. The van der Waals surface area contributed by atoms with Gasteiger partial charge in [0.15, 0.2) is 0 Å². The number of aromatic nitrogens is 2. The predicted octanol–water partition coefficient (Wildman–Crippen LogP) is 1.08. The van der Waals surface area contributed by atoms with Gasteiger partial charge in [0.1, 0.15) is 5.69 Å². The van der Waals surface area contributed by atoms with Gasteiger partial charge < -0.3 is 9.47 Å². The van der Waals surface area contributed by atoms with E-state index in [2.05, 4.69) is 9.97 Å². The number of methoxy groups -OCH3 is 2. The van der Waals surface area contributed by atoms with E-state index < -0.39 is 6.29 Å². The molecule has 0 saturated carbocycles. The molecular formula is C8H12N2O2. The molecule has 1 aromatic rings. The van der Waals surface area contributed by atoms with Gasteiger partial charge in [-0.25, -0.2) is 0 Å². The summed E-state index contributed by atoms with van der Waals surface area (Å²) in [6.07, 6.45) is 2.91. The van der Waals surface area contributed by atoms with Crippen LogP contribution in [0.5, 0.6) is 0 Å². The monoisotopic (exact) mass is 168 g/mol. The third kappa shape index (κ3) is 1.99. The van der Waals surface area contributed by atoms with Crippen LogP contribution in [-0.2, 0) is 9.47 Å². The van der Waals surface area contributed by atoms with Crippen LogP contribution in [0.1, 0.15) is 17.7 Å². The summed E-state index contributed by atoms with van der Waals surface area (Å²) in [7, 11) is 3.13. The van der Waals surface area contributed by atoms with Crippen molar-refractivity contribution in [3.8, 4) is 0 Å². The van der Waals surface area contributed by atoms with Crippen LogP contribution in [0.25, 0.3) is 0 Å². The number of ether oxygens (including phenoxy) is 2. The third-order valence-electron chi connectivity index (χ3n) is 1.47. The van der Waals surface area contributed by atoms with E-state index in [0.29, 0.717) is 5.69 Å². The molecule has 0 N–H and O–H groups in total. The molecule has 0 spiro atoms. The Labute approximate surface area is 71.6 Å². The van der Waals surface area contributed by atoms with Crippen molar-refractivity contribution in [1.29, 1.82) is 0 Å². The van der Waals surface area contributed by atoms with E-state index in [1.165, 1.54) is 0 Å². The van der Waals surface area contributed by atoms with E-state index in [1.54, 1.807) is 26.6 Å². The largest absolute Gasteiger partial charge is 0.350 e. The van der Waals surface area contributed by atoms with Crippen LogP contribution in [0.4, 0.5) is 0 Å². The van der Waals surface area contributed by atoms with Gasteiger partial charge in [0, 0.05) is 20.4 Å². The van der Waals surface area contributed by atoms with Gasteiger partial charge in [-0.15, -0.1) is 0 Å². The fraction of sp³-hybridized carbons (Fsp3) is 0.500. The van der Waals surface area contributed by atoms with Gasteiger partial charge in [-0.05, 0) is 6.92 Å². The molecule has 0 amide bonds. The normalized spacial score (nSPS) is 10.7. The molecule has 0 atom stereocenters. The molecule has 66 valence electrons. The van der Waals surface area contributed by atoms with Gasteiger partial charge in [0.05, 0.1) is 11.9 Å². The topological polar surface area (TPSA) is 44.2 Å². The fourth-order valence-corrected chi connectivity index (χ4v) is 0.862. The average Bonchev–Trinajstić information content (AvgIpc) is 2.10. The molecule has 0 bridgehead atoms. The van der Waals surface area contributed by atoms with E-state index in [9.17, 15) is 0 Å². The Morgan fingerprint density at radius 1 is 1.17 bits per heavy atom. The van der Waals surface area contributed by atoms with Crippen LogP contribution in [0.3, 0.4) is 0 Å². The molecule has 0 unspecified atom stereocenters. The van der Waals surface area contributed by atoms with Gasteiger partial charge >= 0.3 is 0 Å². The summed E-state index contributed by atoms with van der Waals surface area (Å²) in [4.78, 5) is 8.18. The quantitative estimate of drug-likeness (QED) is 0.633. The fourth-order valence-electron chi connectivity index (χ4n) is 0.862. The van der Waals surface area contributed by atoms with E-state index in [-0.39, 0.29) is 0 Å². The maximum atomic E-state index is 5.00. The second-order valence-electron chi connectivity index (χ2n) is 2.39. The Balaban J connectivity index is 2.80. The highest BCUT2D eigenvalue weighted by molar-refractivity contribution is 5.01. The van der Waals surface area contributed by atoms with Crippen molar-refractivity contribution < 1.29 is 9.47 Å². The zero-order valence-electron chi connectivity index (χ0n) is 7.44. The minimum absolute atomic E-state index is 0.418. The van der Waals surface area contributed by atoms with Crippen molar-refractivity contribution in [3.63, 3.8) is 0 Å². The van der Waals surface area contributed by atoms with Crippen LogP contribution in [0.2, 0.25) is 0 Å². The summed E-state index contributed by atoms with van der Waals surface area (Å²) in [6, 6.07) is 0. The average molecular weight is 168 g/mol. The number of nitrogens with zero attached hydrogens (tertiary/aromatic N) is 2. The SMILES string of the molecule is COC(OC)c1cnc(C)cn1. The van der Waals surface area contributed by atoms with Crippen LogP contribution in [-0.4, -0.2) is 24.2 Å². The first kappa shape index (κ1) is 9.09. The summed E-state index contributed by atoms with van der Waals surface area (Å²) >= 11 is 0. The lowest BCUT2D eigenvalue weighted by atomic mass is 10.4. The second kappa shape index (κ2) is 4.13. The Morgan fingerprint density at radius 2 is 1.83 bits per heavy atom. The summed E-state index contributed by atoms with van der Waals surface area (Å²) in [5, 5.41) is 0. The van der Waals surface area contributed by atoms with E-state index >= 15 is 0 Å². The molecule has 0 aliphatic carbocycles. The van der Waals surface area contributed by atoms with Crippen molar-refractivity contribution >= 4 is 0 Å². The first-order chi connectivity index (χ1) is 5.77. The standard InChI is InChI=1S/C8H12N2O2/c1-6-4-10-7(5-9-6)8(11-2)12-3/h4-5,8H,1-3H3. The molecule has 0 aromatic carbocycles. The molecule has 4 heteroatoms. The smallest absolute Gasteiger partial charge is 0.202 e. The van der Waals surface area contributed by atoms with Crippen molar-refractivity contribution in [2.75, 3.05) is 14.2 Å². The van der Waals surface area contributed by atoms with Gasteiger partial charge in [-0.3, -0.25) is 9.97 Å². The van der Waals surface area contributed by atoms with Crippen molar-refractivity contribution in [1.82, 2.24) is 9.97 Å². The van der Waals surface area contributed by atoms with Gasteiger partial charge in [0.25, 0.3) is 0 Å². The second-order valence-corrected chi connectivity index (χ2v) is 2.39. The highest BCUT2D eigenvalue weighted by Gasteiger charge is 2.09.